The van der Waals surface area contributed by atoms with Crippen molar-refractivity contribution >= 4 is 17.3 Å². The highest BCUT2D eigenvalue weighted by Gasteiger charge is 2.20. The monoisotopic (exact) mass is 473 g/mol. The molecule has 0 aliphatic carbocycles. The number of benzene rings is 3. The summed E-state index contributed by atoms with van der Waals surface area (Å²) in [4.78, 5) is 15.1. The Kier molecular flexibility index (Phi) is 7.93. The number of ether oxygens (including phenoxy) is 2. The van der Waals surface area contributed by atoms with Gasteiger partial charge in [-0.2, -0.15) is 0 Å². The number of nitrogens with zero attached hydrogens (tertiary/aromatic N) is 1. The van der Waals surface area contributed by atoms with Crippen LogP contribution in [0.15, 0.2) is 60.7 Å². The van der Waals surface area contributed by atoms with Gasteiger partial charge < -0.3 is 25.0 Å². The van der Waals surface area contributed by atoms with Crippen LogP contribution >= 0.6 is 0 Å². The third-order valence-electron chi connectivity index (χ3n) is 6.69. The van der Waals surface area contributed by atoms with Crippen molar-refractivity contribution < 1.29 is 14.3 Å². The van der Waals surface area contributed by atoms with Crippen LogP contribution in [0.25, 0.3) is 0 Å². The molecule has 1 aliphatic heterocycles. The van der Waals surface area contributed by atoms with Crippen molar-refractivity contribution in [3.63, 3.8) is 0 Å². The van der Waals surface area contributed by atoms with Gasteiger partial charge in [0.1, 0.15) is 11.5 Å². The van der Waals surface area contributed by atoms with E-state index in [1.54, 1.807) is 14.2 Å². The Hall–Kier alpha value is -3.51. The molecular weight excluding hydrogens is 438 g/mol. The minimum absolute atomic E-state index is 0.0735. The number of piperidine rings is 1. The van der Waals surface area contributed by atoms with Crippen LogP contribution in [0.3, 0.4) is 0 Å². The molecule has 1 fully saturated rings. The van der Waals surface area contributed by atoms with Crippen molar-refractivity contribution in [3.8, 4) is 11.5 Å². The summed E-state index contributed by atoms with van der Waals surface area (Å²) in [6.45, 7) is 6.76. The molecule has 3 aromatic rings. The fourth-order valence-corrected chi connectivity index (χ4v) is 4.62. The second-order valence-corrected chi connectivity index (χ2v) is 9.14. The zero-order valence-corrected chi connectivity index (χ0v) is 21.1. The molecule has 0 saturated carbocycles. The van der Waals surface area contributed by atoms with Crippen molar-refractivity contribution in [2.45, 2.75) is 39.3 Å². The van der Waals surface area contributed by atoms with E-state index >= 15 is 0 Å². The number of carbonyl (C=O) groups excluding carboxylic acids is 1. The lowest BCUT2D eigenvalue weighted by Gasteiger charge is -2.34. The molecule has 0 unspecified atom stereocenters. The summed E-state index contributed by atoms with van der Waals surface area (Å²) in [5, 5.41) is 6.70. The van der Waals surface area contributed by atoms with E-state index in [2.05, 4.69) is 33.7 Å². The molecule has 3 aromatic carbocycles. The van der Waals surface area contributed by atoms with Gasteiger partial charge in [-0.25, -0.2) is 0 Å². The highest BCUT2D eigenvalue weighted by molar-refractivity contribution is 6.05. The first-order valence-electron chi connectivity index (χ1n) is 12.1. The topological polar surface area (TPSA) is 62.8 Å². The first-order chi connectivity index (χ1) is 17.0. The summed E-state index contributed by atoms with van der Waals surface area (Å²) in [6, 6.07) is 20.5. The first-order valence-corrected chi connectivity index (χ1v) is 12.1. The Labute approximate surface area is 208 Å². The number of nitrogens with one attached hydrogen (secondary N) is 2. The molecule has 1 heterocycles. The molecule has 35 heavy (non-hydrogen) atoms. The molecule has 2 N–H and O–H groups in total. The molecule has 1 aliphatic rings. The molecule has 6 heteroatoms. The average Bonchev–Trinajstić information content (AvgIpc) is 2.88. The van der Waals surface area contributed by atoms with Gasteiger partial charge in [0.2, 0.25) is 0 Å². The van der Waals surface area contributed by atoms with Crippen LogP contribution in [0.2, 0.25) is 0 Å². The molecule has 0 spiro atoms. The van der Waals surface area contributed by atoms with Crippen LogP contribution in [0.4, 0.5) is 11.4 Å². The third-order valence-corrected chi connectivity index (χ3v) is 6.69. The van der Waals surface area contributed by atoms with Crippen LogP contribution in [0, 0.1) is 13.8 Å². The second-order valence-electron chi connectivity index (χ2n) is 9.14. The molecule has 0 atom stereocenters. The van der Waals surface area contributed by atoms with Crippen LogP contribution in [-0.4, -0.2) is 39.3 Å². The van der Waals surface area contributed by atoms with Gasteiger partial charge in [-0.1, -0.05) is 23.8 Å². The van der Waals surface area contributed by atoms with Gasteiger partial charge >= 0.3 is 0 Å². The van der Waals surface area contributed by atoms with E-state index in [0.717, 1.165) is 66.4 Å². The number of amides is 1. The van der Waals surface area contributed by atoms with E-state index in [0.29, 0.717) is 11.6 Å². The van der Waals surface area contributed by atoms with E-state index in [4.69, 9.17) is 9.47 Å². The van der Waals surface area contributed by atoms with Crippen molar-refractivity contribution in [3.05, 3.63) is 82.9 Å². The molecular formula is C29H35N3O3. The highest BCUT2D eigenvalue weighted by Crippen LogP contribution is 2.26. The zero-order chi connectivity index (χ0) is 24.8. The summed E-state index contributed by atoms with van der Waals surface area (Å²) in [5.74, 6) is 1.57. The Morgan fingerprint density at radius 2 is 1.69 bits per heavy atom. The molecule has 6 nitrogen and oxygen atoms in total. The predicted molar refractivity (Wildman–Crippen MR) is 142 cm³/mol. The quantitative estimate of drug-likeness (QED) is 0.463. The smallest absolute Gasteiger partial charge is 0.255 e. The normalized spacial score (nSPS) is 14.0. The van der Waals surface area contributed by atoms with Crippen molar-refractivity contribution in [1.29, 1.82) is 0 Å². The molecule has 1 saturated heterocycles. The number of carbonyl (C=O) groups is 1. The zero-order valence-electron chi connectivity index (χ0n) is 21.1. The van der Waals surface area contributed by atoms with Gasteiger partial charge in [0, 0.05) is 54.2 Å². The Morgan fingerprint density at radius 3 is 2.34 bits per heavy atom. The fourth-order valence-electron chi connectivity index (χ4n) is 4.62. The number of rotatable bonds is 8. The Bertz CT molecular complexity index is 1150. The van der Waals surface area contributed by atoms with Crippen LogP contribution < -0.4 is 25.0 Å². The van der Waals surface area contributed by atoms with Gasteiger partial charge in [0.05, 0.1) is 14.2 Å². The van der Waals surface area contributed by atoms with Gasteiger partial charge in [-0.3, -0.25) is 4.79 Å². The summed E-state index contributed by atoms with van der Waals surface area (Å²) in [7, 11) is 3.35. The maximum Gasteiger partial charge on any atom is 0.255 e. The lowest BCUT2D eigenvalue weighted by molar-refractivity contribution is 0.102. The van der Waals surface area contributed by atoms with Crippen molar-refractivity contribution in [1.82, 2.24) is 5.32 Å². The lowest BCUT2D eigenvalue weighted by Crippen LogP contribution is -2.42. The summed E-state index contributed by atoms with van der Waals surface area (Å²) in [6.07, 6.45) is 2.15. The first kappa shape index (κ1) is 24.6. The third kappa shape index (κ3) is 6.14. The van der Waals surface area contributed by atoms with Crippen molar-refractivity contribution in [2.24, 2.45) is 0 Å². The number of anilines is 2. The Balaban J connectivity index is 1.27. The van der Waals surface area contributed by atoms with Crippen LogP contribution in [-0.2, 0) is 6.54 Å². The van der Waals surface area contributed by atoms with E-state index < -0.39 is 0 Å². The number of hydrogen-bond acceptors (Lipinski definition) is 5. The number of methoxy groups -OCH3 is 2. The largest absolute Gasteiger partial charge is 0.497 e. The molecule has 4 rings (SSSR count). The molecule has 0 aromatic heterocycles. The van der Waals surface area contributed by atoms with Gasteiger partial charge in [-0.05, 0) is 68.7 Å². The van der Waals surface area contributed by atoms with E-state index in [-0.39, 0.29) is 5.91 Å². The Morgan fingerprint density at radius 1 is 0.943 bits per heavy atom. The lowest BCUT2D eigenvalue weighted by atomic mass is 10.0. The summed E-state index contributed by atoms with van der Waals surface area (Å²) < 4.78 is 10.8. The maximum atomic E-state index is 12.7. The van der Waals surface area contributed by atoms with E-state index in [9.17, 15) is 4.79 Å². The second kappa shape index (κ2) is 11.3. The minimum Gasteiger partial charge on any atom is -0.497 e. The average molecular weight is 474 g/mol. The molecule has 0 radical (unpaired) electrons. The number of aryl methyl sites for hydroxylation is 2. The van der Waals surface area contributed by atoms with Gasteiger partial charge in [0.25, 0.3) is 5.91 Å². The minimum atomic E-state index is -0.0735. The van der Waals surface area contributed by atoms with Crippen LogP contribution in [0.1, 0.15) is 39.9 Å². The SMILES string of the molecule is COc1ccc(CNC2CCN(c3ccc(NC(=O)c4ccc(C)cc4C)cc3)CC2)c(OC)c1. The van der Waals surface area contributed by atoms with E-state index in [1.165, 1.54) is 5.69 Å². The predicted octanol–water partition coefficient (Wildman–Crippen LogP) is 5.33. The van der Waals surface area contributed by atoms with Gasteiger partial charge in [0.15, 0.2) is 0 Å². The maximum absolute atomic E-state index is 12.7. The highest BCUT2D eigenvalue weighted by atomic mass is 16.5. The standard InChI is InChI=1S/C29H35N3O3/c1-20-5-12-27(21(2)17-20)29(33)31-24-7-9-25(10-8-24)32-15-13-23(14-16-32)30-19-22-6-11-26(34-3)18-28(22)35-4/h5-12,17-18,23,30H,13-16,19H2,1-4H3,(H,31,33). The van der Waals surface area contributed by atoms with Gasteiger partial charge in [-0.15, -0.1) is 0 Å². The van der Waals surface area contributed by atoms with Crippen LogP contribution in [0.5, 0.6) is 11.5 Å². The summed E-state index contributed by atoms with van der Waals surface area (Å²) in [5.41, 5.74) is 5.98. The molecule has 184 valence electrons. The van der Waals surface area contributed by atoms with Crippen molar-refractivity contribution in [2.75, 3.05) is 37.5 Å². The molecule has 1 amide bonds. The number of hydrogen-bond donors (Lipinski definition) is 2. The summed E-state index contributed by atoms with van der Waals surface area (Å²) >= 11 is 0. The fraction of sp³-hybridized carbons (Fsp3) is 0.345. The molecule has 0 bridgehead atoms. The van der Waals surface area contributed by atoms with E-state index in [1.807, 2.05) is 56.3 Å².